The van der Waals surface area contributed by atoms with Crippen LogP contribution in [0.1, 0.15) is 36.0 Å². The predicted octanol–water partition coefficient (Wildman–Crippen LogP) is 2.45. The molecule has 0 spiro atoms. The first-order valence-electron chi connectivity index (χ1n) is 5.32. The smallest absolute Gasteiger partial charge is 0.270 e. The molecule has 0 saturated heterocycles. The third-order valence-electron chi connectivity index (χ3n) is 2.59. The van der Waals surface area contributed by atoms with E-state index in [4.69, 9.17) is 4.84 Å². The van der Waals surface area contributed by atoms with Gasteiger partial charge in [0.2, 0.25) is 0 Å². The number of halogens is 1. The molecular weight excluding hydrogens is 272 g/mol. The van der Waals surface area contributed by atoms with Crippen LogP contribution in [0.25, 0.3) is 0 Å². The maximum atomic E-state index is 11.7. The lowest BCUT2D eigenvalue weighted by atomic mass is 10.3. The Balaban J connectivity index is 1.87. The van der Waals surface area contributed by atoms with Crippen molar-refractivity contribution in [3.8, 4) is 0 Å². The highest BCUT2D eigenvalue weighted by molar-refractivity contribution is 9.10. The summed E-state index contributed by atoms with van der Waals surface area (Å²) in [6, 6.07) is 1.71. The molecule has 0 atom stereocenters. The van der Waals surface area contributed by atoms with Gasteiger partial charge in [0.25, 0.3) is 5.91 Å². The summed E-state index contributed by atoms with van der Waals surface area (Å²) in [5.74, 6) is -0.249. The second kappa shape index (κ2) is 5.41. The van der Waals surface area contributed by atoms with Crippen molar-refractivity contribution >= 4 is 21.8 Å². The van der Waals surface area contributed by atoms with Crippen molar-refractivity contribution in [3.05, 3.63) is 28.5 Å². The zero-order valence-electron chi connectivity index (χ0n) is 8.78. The maximum Gasteiger partial charge on any atom is 0.276 e. The molecule has 4 nitrogen and oxygen atoms in total. The van der Waals surface area contributed by atoms with Crippen LogP contribution in [0.2, 0.25) is 0 Å². The van der Waals surface area contributed by atoms with Crippen LogP contribution in [0.15, 0.2) is 22.9 Å². The van der Waals surface area contributed by atoms with Gasteiger partial charge >= 0.3 is 0 Å². The van der Waals surface area contributed by atoms with Crippen LogP contribution in [-0.4, -0.2) is 17.0 Å². The fourth-order valence-electron chi connectivity index (χ4n) is 1.74. The number of nitrogens with one attached hydrogen (secondary N) is 1. The SMILES string of the molecule is O=C(NOC1CCCC1)c1cncc(Br)c1. The van der Waals surface area contributed by atoms with E-state index in [-0.39, 0.29) is 12.0 Å². The molecule has 86 valence electrons. The first-order chi connectivity index (χ1) is 7.75. The number of amides is 1. The third kappa shape index (κ3) is 3.02. The van der Waals surface area contributed by atoms with E-state index in [1.54, 1.807) is 12.3 Å². The van der Waals surface area contributed by atoms with E-state index >= 15 is 0 Å². The van der Waals surface area contributed by atoms with Gasteiger partial charge in [0.05, 0.1) is 11.7 Å². The molecule has 1 amide bonds. The molecule has 1 aromatic heterocycles. The number of carbonyl (C=O) groups excluding carboxylic acids is 1. The van der Waals surface area contributed by atoms with Gasteiger partial charge in [-0.25, -0.2) is 5.48 Å². The van der Waals surface area contributed by atoms with E-state index in [2.05, 4.69) is 26.4 Å². The van der Waals surface area contributed by atoms with Gasteiger partial charge < -0.3 is 0 Å². The average Bonchev–Trinajstić information content (AvgIpc) is 2.78. The van der Waals surface area contributed by atoms with Crippen LogP contribution in [0, 0.1) is 0 Å². The maximum absolute atomic E-state index is 11.7. The zero-order chi connectivity index (χ0) is 11.4. The molecule has 1 fully saturated rings. The van der Waals surface area contributed by atoms with E-state index in [9.17, 15) is 4.79 Å². The largest absolute Gasteiger partial charge is 0.276 e. The quantitative estimate of drug-likeness (QED) is 0.868. The highest BCUT2D eigenvalue weighted by atomic mass is 79.9. The Morgan fingerprint density at radius 3 is 2.88 bits per heavy atom. The van der Waals surface area contributed by atoms with Crippen molar-refractivity contribution in [1.82, 2.24) is 10.5 Å². The number of aromatic nitrogens is 1. The molecule has 5 heteroatoms. The topological polar surface area (TPSA) is 51.2 Å². The number of rotatable bonds is 3. The minimum Gasteiger partial charge on any atom is -0.270 e. The molecule has 1 N–H and O–H groups in total. The molecular formula is C11H13BrN2O2. The minimum atomic E-state index is -0.249. The Hall–Kier alpha value is -0.940. The molecule has 1 aliphatic carbocycles. The summed E-state index contributed by atoms with van der Waals surface area (Å²) in [6.07, 6.45) is 7.72. The summed E-state index contributed by atoms with van der Waals surface area (Å²) in [5.41, 5.74) is 2.96. The van der Waals surface area contributed by atoms with E-state index in [0.29, 0.717) is 5.56 Å². The lowest BCUT2D eigenvalue weighted by Gasteiger charge is -2.11. The van der Waals surface area contributed by atoms with Gasteiger partial charge in [0, 0.05) is 16.9 Å². The normalized spacial score (nSPS) is 16.3. The lowest BCUT2D eigenvalue weighted by molar-refractivity contribution is -0.0125. The van der Waals surface area contributed by atoms with Crippen LogP contribution in [0.4, 0.5) is 0 Å². The number of pyridine rings is 1. The summed E-state index contributed by atoms with van der Waals surface area (Å²) >= 11 is 3.26. The van der Waals surface area contributed by atoms with Crippen LogP contribution < -0.4 is 5.48 Å². The van der Waals surface area contributed by atoms with Crippen molar-refractivity contribution in [2.45, 2.75) is 31.8 Å². The van der Waals surface area contributed by atoms with Gasteiger partial charge in [-0.15, -0.1) is 0 Å². The number of hydrogen-bond donors (Lipinski definition) is 1. The molecule has 1 aromatic rings. The first-order valence-corrected chi connectivity index (χ1v) is 6.11. The lowest BCUT2D eigenvalue weighted by Crippen LogP contribution is -2.28. The fourth-order valence-corrected chi connectivity index (χ4v) is 2.10. The van der Waals surface area contributed by atoms with Crippen molar-refractivity contribution in [2.75, 3.05) is 0 Å². The Labute approximate surface area is 102 Å². The van der Waals surface area contributed by atoms with E-state index in [1.165, 1.54) is 19.0 Å². The van der Waals surface area contributed by atoms with Crippen LogP contribution in [0.3, 0.4) is 0 Å². The molecule has 1 heterocycles. The minimum absolute atomic E-state index is 0.170. The molecule has 16 heavy (non-hydrogen) atoms. The molecule has 1 aliphatic rings. The molecule has 2 rings (SSSR count). The summed E-state index contributed by atoms with van der Waals surface area (Å²) < 4.78 is 0.779. The summed E-state index contributed by atoms with van der Waals surface area (Å²) in [7, 11) is 0. The van der Waals surface area contributed by atoms with Crippen LogP contribution in [-0.2, 0) is 4.84 Å². The monoisotopic (exact) mass is 284 g/mol. The van der Waals surface area contributed by atoms with Crippen LogP contribution >= 0.6 is 15.9 Å². The Bertz CT molecular complexity index is 378. The van der Waals surface area contributed by atoms with Gasteiger partial charge in [-0.05, 0) is 34.8 Å². The number of nitrogens with zero attached hydrogens (tertiary/aromatic N) is 1. The highest BCUT2D eigenvalue weighted by Crippen LogP contribution is 2.20. The van der Waals surface area contributed by atoms with Gasteiger partial charge in [0.15, 0.2) is 0 Å². The standard InChI is InChI=1S/C11H13BrN2O2/c12-9-5-8(6-13-7-9)11(15)14-16-10-3-1-2-4-10/h5-7,10H,1-4H2,(H,14,15). The molecule has 0 aromatic carbocycles. The number of carbonyl (C=O) groups is 1. The number of hydroxylamine groups is 1. The Morgan fingerprint density at radius 1 is 1.44 bits per heavy atom. The van der Waals surface area contributed by atoms with E-state index < -0.39 is 0 Å². The Morgan fingerprint density at radius 2 is 2.19 bits per heavy atom. The van der Waals surface area contributed by atoms with E-state index in [0.717, 1.165) is 17.3 Å². The second-order valence-electron chi connectivity index (χ2n) is 3.85. The van der Waals surface area contributed by atoms with Crippen molar-refractivity contribution in [3.63, 3.8) is 0 Å². The van der Waals surface area contributed by atoms with Crippen LogP contribution in [0.5, 0.6) is 0 Å². The molecule has 0 aliphatic heterocycles. The predicted molar refractivity (Wildman–Crippen MR) is 62.7 cm³/mol. The Kier molecular flexibility index (Phi) is 3.90. The average molecular weight is 285 g/mol. The van der Waals surface area contributed by atoms with Crippen molar-refractivity contribution in [1.29, 1.82) is 0 Å². The molecule has 1 saturated carbocycles. The zero-order valence-corrected chi connectivity index (χ0v) is 10.4. The van der Waals surface area contributed by atoms with Gasteiger partial charge in [-0.2, -0.15) is 0 Å². The second-order valence-corrected chi connectivity index (χ2v) is 4.76. The molecule has 0 bridgehead atoms. The van der Waals surface area contributed by atoms with E-state index in [1.807, 2.05) is 0 Å². The molecule has 0 unspecified atom stereocenters. The van der Waals surface area contributed by atoms with Gasteiger partial charge in [0.1, 0.15) is 0 Å². The van der Waals surface area contributed by atoms with Crippen molar-refractivity contribution < 1.29 is 9.63 Å². The highest BCUT2D eigenvalue weighted by Gasteiger charge is 2.17. The number of hydrogen-bond acceptors (Lipinski definition) is 3. The third-order valence-corrected chi connectivity index (χ3v) is 3.02. The molecule has 0 radical (unpaired) electrons. The summed E-state index contributed by atoms with van der Waals surface area (Å²) in [4.78, 5) is 20.9. The van der Waals surface area contributed by atoms with Gasteiger partial charge in [-0.1, -0.05) is 12.8 Å². The van der Waals surface area contributed by atoms with Crippen molar-refractivity contribution in [2.24, 2.45) is 0 Å². The first kappa shape index (κ1) is 11.5. The summed E-state index contributed by atoms with van der Waals surface area (Å²) in [6.45, 7) is 0. The fraction of sp³-hybridized carbons (Fsp3) is 0.455. The summed E-state index contributed by atoms with van der Waals surface area (Å²) in [5, 5.41) is 0. The van der Waals surface area contributed by atoms with Gasteiger partial charge in [-0.3, -0.25) is 14.6 Å².